The Balaban J connectivity index is 2.09. The molecule has 2 unspecified atom stereocenters. The number of hydrogen-bond acceptors (Lipinski definition) is 5. The van der Waals surface area contributed by atoms with Crippen LogP contribution in [0.2, 0.25) is 0 Å². The Bertz CT molecular complexity index is 619. The molecule has 0 aromatic carbocycles. The van der Waals surface area contributed by atoms with Crippen LogP contribution < -0.4 is 5.73 Å². The van der Waals surface area contributed by atoms with E-state index in [1.165, 1.54) is 4.31 Å². The summed E-state index contributed by atoms with van der Waals surface area (Å²) in [5, 5.41) is 0. The van der Waals surface area contributed by atoms with Crippen LogP contribution in [-0.4, -0.2) is 67.8 Å². The van der Waals surface area contributed by atoms with Gasteiger partial charge in [0, 0.05) is 26.2 Å². The number of nitrogens with two attached hydrogens (primary N) is 1. The van der Waals surface area contributed by atoms with E-state index in [0.29, 0.717) is 39.4 Å². The van der Waals surface area contributed by atoms with Crippen LogP contribution in [0.1, 0.15) is 12.8 Å². The topological polar surface area (TPSA) is 92.9 Å². The first kappa shape index (κ1) is 16.6. The van der Waals surface area contributed by atoms with Crippen LogP contribution in [0, 0.1) is 5.92 Å². The number of carbonyl (C=O) groups is 1. The minimum atomic E-state index is -3.78. The van der Waals surface area contributed by atoms with E-state index in [-0.39, 0.29) is 0 Å². The molecule has 0 aromatic rings. The molecule has 8 heteroatoms. The van der Waals surface area contributed by atoms with Gasteiger partial charge < -0.3 is 10.5 Å². The van der Waals surface area contributed by atoms with E-state index in [1.807, 2.05) is 4.90 Å². The van der Waals surface area contributed by atoms with Crippen LogP contribution in [-0.2, 0) is 19.6 Å². The van der Waals surface area contributed by atoms with Crippen molar-refractivity contribution in [1.29, 1.82) is 0 Å². The summed E-state index contributed by atoms with van der Waals surface area (Å²) in [5.41, 5.74) is 5.58. The molecule has 0 bridgehead atoms. The smallest absolute Gasteiger partial charge is 0.238 e. The average molecular weight is 341 g/mol. The number of ether oxygens (including phenoxy) is 1. The van der Waals surface area contributed by atoms with Crippen LogP contribution in [0.25, 0.3) is 0 Å². The van der Waals surface area contributed by atoms with Crippen LogP contribution in [0.4, 0.5) is 0 Å². The van der Waals surface area contributed by atoms with E-state index < -0.39 is 26.7 Å². The van der Waals surface area contributed by atoms with E-state index in [2.05, 4.69) is 0 Å². The van der Waals surface area contributed by atoms with Crippen LogP contribution in [0.3, 0.4) is 0 Å². The van der Waals surface area contributed by atoms with Gasteiger partial charge in [0.1, 0.15) is 0 Å². The molecule has 1 aliphatic carbocycles. The fourth-order valence-corrected chi connectivity index (χ4v) is 6.00. The molecule has 2 fully saturated rings. The summed E-state index contributed by atoms with van der Waals surface area (Å²) in [4.78, 5) is 12.5. The molecule has 23 heavy (non-hydrogen) atoms. The number of carbonyl (C=O) groups excluding carboxylic acids is 1. The van der Waals surface area contributed by atoms with E-state index >= 15 is 0 Å². The van der Waals surface area contributed by atoms with Gasteiger partial charge >= 0.3 is 0 Å². The predicted octanol–water partition coefficient (Wildman–Crippen LogP) is -0.332. The highest BCUT2D eigenvalue weighted by molar-refractivity contribution is 7.90. The Morgan fingerprint density at radius 1 is 1.13 bits per heavy atom. The van der Waals surface area contributed by atoms with E-state index in [9.17, 15) is 13.2 Å². The maximum atomic E-state index is 13.5. The van der Waals surface area contributed by atoms with Crippen molar-refractivity contribution in [2.75, 3.05) is 39.4 Å². The van der Waals surface area contributed by atoms with Gasteiger partial charge in [0.25, 0.3) is 0 Å². The van der Waals surface area contributed by atoms with E-state index in [4.69, 9.17) is 10.5 Å². The Kier molecular flexibility index (Phi) is 4.59. The maximum Gasteiger partial charge on any atom is 0.238 e. The Morgan fingerprint density at radius 2 is 1.78 bits per heavy atom. The van der Waals surface area contributed by atoms with Gasteiger partial charge in [-0.2, -0.15) is 4.31 Å². The average Bonchev–Trinajstić information content (AvgIpc) is 3.10. The molecule has 2 N–H and O–H groups in total. The molecule has 2 atom stereocenters. The van der Waals surface area contributed by atoms with Gasteiger partial charge in [-0.05, 0) is 18.9 Å². The minimum absolute atomic E-state index is 0.307. The third-order valence-corrected chi connectivity index (χ3v) is 7.34. The fraction of sp³-hybridized carbons (Fsp3) is 0.667. The lowest BCUT2D eigenvalue weighted by molar-refractivity contribution is -0.122. The predicted molar refractivity (Wildman–Crippen MR) is 85.8 cm³/mol. The van der Waals surface area contributed by atoms with Crippen molar-refractivity contribution < 1.29 is 17.9 Å². The zero-order chi connectivity index (χ0) is 16.5. The van der Waals surface area contributed by atoms with Gasteiger partial charge in [0.15, 0.2) is 4.87 Å². The van der Waals surface area contributed by atoms with Gasteiger partial charge in [-0.15, -0.1) is 0 Å². The zero-order valence-electron chi connectivity index (χ0n) is 13.1. The quantitative estimate of drug-likeness (QED) is 0.756. The molecule has 0 saturated carbocycles. The monoisotopic (exact) mass is 341 g/mol. The second-order valence-electron chi connectivity index (χ2n) is 6.09. The van der Waals surface area contributed by atoms with Crippen molar-refractivity contribution in [3.05, 3.63) is 24.3 Å². The number of amides is 1. The normalized spacial score (nSPS) is 33.1. The summed E-state index contributed by atoms with van der Waals surface area (Å²) < 4.78 is 33.7. The Labute approximate surface area is 136 Å². The second kappa shape index (κ2) is 6.35. The van der Waals surface area contributed by atoms with E-state index in [0.717, 1.165) is 12.8 Å². The first-order chi connectivity index (χ1) is 11.0. The van der Waals surface area contributed by atoms with Crippen LogP contribution in [0.15, 0.2) is 24.3 Å². The van der Waals surface area contributed by atoms with E-state index in [1.54, 1.807) is 24.3 Å². The summed E-state index contributed by atoms with van der Waals surface area (Å²) >= 11 is 0. The number of sulfonamides is 1. The van der Waals surface area contributed by atoms with Crippen molar-refractivity contribution in [2.45, 2.75) is 17.7 Å². The fourth-order valence-electron chi connectivity index (χ4n) is 3.68. The standard InChI is InChI=1S/C15H23N3O4S/c16-14(19)13-5-1-2-6-15(13,17-7-3-4-8-17)23(20,21)18-9-11-22-12-10-18/h1-2,5-6,13H,3-4,7-12H2,(H2,16,19). The van der Waals surface area contributed by atoms with Crippen molar-refractivity contribution in [3.63, 3.8) is 0 Å². The number of allylic oxidation sites excluding steroid dienone is 2. The molecule has 3 rings (SSSR count). The van der Waals surface area contributed by atoms with Crippen LogP contribution in [0.5, 0.6) is 0 Å². The van der Waals surface area contributed by atoms with Crippen molar-refractivity contribution >= 4 is 15.9 Å². The summed E-state index contributed by atoms with van der Waals surface area (Å²) in [6, 6.07) is 0. The summed E-state index contributed by atoms with van der Waals surface area (Å²) in [6.45, 7) is 2.64. The number of hydrogen-bond donors (Lipinski definition) is 1. The molecule has 2 saturated heterocycles. The second-order valence-corrected chi connectivity index (χ2v) is 8.21. The Hall–Kier alpha value is -1.22. The number of likely N-dealkylation sites (tertiary alicyclic amines) is 1. The summed E-state index contributed by atoms with van der Waals surface area (Å²) in [6.07, 6.45) is 8.48. The van der Waals surface area contributed by atoms with Gasteiger partial charge in [0.05, 0.1) is 19.1 Å². The molecule has 0 spiro atoms. The lowest BCUT2D eigenvalue weighted by Crippen LogP contribution is -2.64. The van der Waals surface area contributed by atoms with Crippen molar-refractivity contribution in [3.8, 4) is 0 Å². The number of rotatable bonds is 4. The largest absolute Gasteiger partial charge is 0.379 e. The third-order valence-electron chi connectivity index (χ3n) is 4.83. The molecule has 128 valence electrons. The minimum Gasteiger partial charge on any atom is -0.379 e. The molecule has 2 heterocycles. The molecule has 0 aromatic heterocycles. The molecular weight excluding hydrogens is 318 g/mol. The first-order valence-corrected chi connectivity index (χ1v) is 9.42. The summed E-state index contributed by atoms with van der Waals surface area (Å²) in [7, 11) is -3.78. The van der Waals surface area contributed by atoms with Gasteiger partial charge in [0.2, 0.25) is 15.9 Å². The number of morpholine rings is 1. The molecule has 0 radical (unpaired) electrons. The lowest BCUT2D eigenvalue weighted by atomic mass is 9.92. The lowest BCUT2D eigenvalue weighted by Gasteiger charge is -2.46. The van der Waals surface area contributed by atoms with Crippen molar-refractivity contribution in [1.82, 2.24) is 9.21 Å². The highest BCUT2D eigenvalue weighted by Gasteiger charge is 2.57. The molecule has 3 aliphatic rings. The molecular formula is C15H23N3O4S. The first-order valence-electron chi connectivity index (χ1n) is 7.98. The molecule has 1 amide bonds. The maximum absolute atomic E-state index is 13.5. The zero-order valence-corrected chi connectivity index (χ0v) is 13.9. The highest BCUT2D eigenvalue weighted by atomic mass is 32.2. The van der Waals surface area contributed by atoms with Gasteiger partial charge in [-0.25, -0.2) is 8.42 Å². The van der Waals surface area contributed by atoms with Gasteiger partial charge in [-0.3, -0.25) is 9.69 Å². The third kappa shape index (κ3) is 2.63. The molecule has 2 aliphatic heterocycles. The highest BCUT2D eigenvalue weighted by Crippen LogP contribution is 2.40. The number of primary amides is 1. The van der Waals surface area contributed by atoms with Crippen molar-refractivity contribution in [2.24, 2.45) is 11.7 Å². The molecule has 7 nitrogen and oxygen atoms in total. The van der Waals surface area contributed by atoms with Crippen LogP contribution >= 0.6 is 0 Å². The van der Waals surface area contributed by atoms with Gasteiger partial charge in [-0.1, -0.05) is 18.2 Å². The SMILES string of the molecule is NC(=O)C1C=CC=CC1(N1CCCC1)S(=O)(=O)N1CCOCC1. The number of nitrogens with zero attached hydrogens (tertiary/aromatic N) is 2. The Morgan fingerprint density at radius 3 is 2.39 bits per heavy atom. The summed E-state index contributed by atoms with van der Waals surface area (Å²) in [5.74, 6) is -1.51.